The largest absolute Gasteiger partial charge is 0.270 e. The summed E-state index contributed by atoms with van der Waals surface area (Å²) in [5, 5.41) is 10.5. The first-order valence-corrected chi connectivity index (χ1v) is 5.22. The van der Waals surface area contributed by atoms with Crippen molar-refractivity contribution in [2.75, 3.05) is 6.26 Å². The van der Waals surface area contributed by atoms with Crippen molar-refractivity contribution in [1.82, 2.24) is 0 Å². The summed E-state index contributed by atoms with van der Waals surface area (Å²) in [6.45, 7) is 1.99. The number of hydrogen-bond donors (Lipinski definition) is 0. The quantitative estimate of drug-likeness (QED) is 0.425. The molecule has 13 heavy (non-hydrogen) atoms. The van der Waals surface area contributed by atoms with Crippen LogP contribution in [-0.2, 0) is 6.42 Å². The summed E-state index contributed by atoms with van der Waals surface area (Å²) in [4.78, 5) is 11.1. The SMILES string of the molecule is CCc1cc(SC)cc([N+](=O)[O-])c1. The molecule has 0 N–H and O–H groups in total. The van der Waals surface area contributed by atoms with Crippen LogP contribution >= 0.6 is 11.8 Å². The molecule has 0 saturated heterocycles. The Bertz CT molecular complexity index is 303. The Kier molecular flexibility index (Phi) is 3.31. The molecule has 1 aromatic carbocycles. The molecule has 3 nitrogen and oxygen atoms in total. The van der Waals surface area contributed by atoms with E-state index in [1.54, 1.807) is 12.1 Å². The van der Waals surface area contributed by atoms with Gasteiger partial charge in [0, 0.05) is 17.0 Å². The number of thioether (sulfide) groups is 1. The van der Waals surface area contributed by atoms with Crippen LogP contribution < -0.4 is 0 Å². The van der Waals surface area contributed by atoms with Gasteiger partial charge in [0.1, 0.15) is 0 Å². The minimum Gasteiger partial charge on any atom is -0.258 e. The second kappa shape index (κ2) is 4.28. The zero-order valence-corrected chi connectivity index (χ0v) is 8.43. The molecule has 0 aliphatic heterocycles. The highest BCUT2D eigenvalue weighted by Crippen LogP contribution is 2.23. The van der Waals surface area contributed by atoms with Crippen LogP contribution in [0.3, 0.4) is 0 Å². The number of nitro groups is 1. The van der Waals surface area contributed by atoms with Crippen molar-refractivity contribution in [3.8, 4) is 0 Å². The fraction of sp³-hybridized carbons (Fsp3) is 0.333. The molecule has 0 heterocycles. The maximum absolute atomic E-state index is 10.5. The molecule has 1 aromatic rings. The smallest absolute Gasteiger partial charge is 0.258 e. The van der Waals surface area contributed by atoms with E-state index < -0.39 is 0 Å². The summed E-state index contributed by atoms with van der Waals surface area (Å²) < 4.78 is 0. The maximum Gasteiger partial charge on any atom is 0.270 e. The lowest BCUT2D eigenvalue weighted by Gasteiger charge is -2.00. The lowest BCUT2D eigenvalue weighted by Crippen LogP contribution is -1.90. The normalized spacial score (nSPS) is 10.0. The Morgan fingerprint density at radius 2 is 2.15 bits per heavy atom. The predicted molar refractivity (Wildman–Crippen MR) is 54.3 cm³/mol. The average molecular weight is 197 g/mol. The van der Waals surface area contributed by atoms with Gasteiger partial charge in [0.25, 0.3) is 5.69 Å². The summed E-state index contributed by atoms with van der Waals surface area (Å²) >= 11 is 1.53. The minimum absolute atomic E-state index is 0.184. The number of benzene rings is 1. The lowest BCUT2D eigenvalue weighted by molar-refractivity contribution is -0.385. The van der Waals surface area contributed by atoms with Crippen LogP contribution in [0.4, 0.5) is 5.69 Å². The van der Waals surface area contributed by atoms with Crippen LogP contribution in [0, 0.1) is 10.1 Å². The van der Waals surface area contributed by atoms with Crippen LogP contribution in [0.15, 0.2) is 23.1 Å². The fourth-order valence-electron chi connectivity index (χ4n) is 1.07. The molecule has 70 valence electrons. The molecule has 0 atom stereocenters. The van der Waals surface area contributed by atoms with Gasteiger partial charge in [0.15, 0.2) is 0 Å². The molecule has 0 amide bonds. The van der Waals surface area contributed by atoms with Gasteiger partial charge in [-0.25, -0.2) is 0 Å². The van der Waals surface area contributed by atoms with Crippen molar-refractivity contribution < 1.29 is 4.92 Å². The van der Waals surface area contributed by atoms with Crippen molar-refractivity contribution in [3.05, 3.63) is 33.9 Å². The number of nitrogens with zero attached hydrogens (tertiary/aromatic N) is 1. The Balaban J connectivity index is 3.14. The topological polar surface area (TPSA) is 43.1 Å². The van der Waals surface area contributed by atoms with E-state index in [0.29, 0.717) is 0 Å². The first kappa shape index (κ1) is 10.1. The Hall–Kier alpha value is -1.03. The van der Waals surface area contributed by atoms with E-state index >= 15 is 0 Å². The standard InChI is InChI=1S/C9H11NO2S/c1-3-7-4-8(10(11)12)6-9(5-7)13-2/h4-6H,3H2,1-2H3. The predicted octanol–water partition coefficient (Wildman–Crippen LogP) is 2.88. The summed E-state index contributed by atoms with van der Waals surface area (Å²) in [6, 6.07) is 5.21. The van der Waals surface area contributed by atoms with E-state index in [0.717, 1.165) is 16.9 Å². The van der Waals surface area contributed by atoms with Gasteiger partial charge >= 0.3 is 0 Å². The molecule has 0 aromatic heterocycles. The molecular formula is C9H11NO2S. The fourth-order valence-corrected chi connectivity index (χ4v) is 1.58. The van der Waals surface area contributed by atoms with Gasteiger partial charge in [0.05, 0.1) is 4.92 Å². The van der Waals surface area contributed by atoms with Crippen molar-refractivity contribution in [1.29, 1.82) is 0 Å². The van der Waals surface area contributed by atoms with Crippen LogP contribution in [0.1, 0.15) is 12.5 Å². The van der Waals surface area contributed by atoms with Gasteiger partial charge in [-0.15, -0.1) is 11.8 Å². The second-order valence-corrected chi connectivity index (χ2v) is 3.53. The van der Waals surface area contributed by atoms with Gasteiger partial charge < -0.3 is 0 Å². The number of rotatable bonds is 3. The van der Waals surface area contributed by atoms with Gasteiger partial charge in [-0.2, -0.15) is 0 Å². The van der Waals surface area contributed by atoms with Crippen molar-refractivity contribution in [2.45, 2.75) is 18.2 Å². The van der Waals surface area contributed by atoms with Gasteiger partial charge in [-0.1, -0.05) is 6.92 Å². The third-order valence-corrected chi connectivity index (χ3v) is 2.51. The van der Waals surface area contributed by atoms with Crippen LogP contribution in [0.5, 0.6) is 0 Å². The number of aryl methyl sites for hydroxylation is 1. The minimum atomic E-state index is -0.348. The molecular weight excluding hydrogens is 186 g/mol. The van der Waals surface area contributed by atoms with Crippen molar-refractivity contribution in [2.24, 2.45) is 0 Å². The third kappa shape index (κ3) is 2.45. The van der Waals surface area contributed by atoms with E-state index in [-0.39, 0.29) is 10.6 Å². The summed E-state index contributed by atoms with van der Waals surface area (Å²) in [5.74, 6) is 0. The van der Waals surface area contributed by atoms with Gasteiger partial charge in [0.2, 0.25) is 0 Å². The third-order valence-electron chi connectivity index (χ3n) is 1.81. The summed E-state index contributed by atoms with van der Waals surface area (Å²) in [7, 11) is 0. The molecule has 0 saturated carbocycles. The van der Waals surface area contributed by atoms with E-state index in [4.69, 9.17) is 0 Å². The number of nitro benzene ring substituents is 1. The highest BCUT2D eigenvalue weighted by Gasteiger charge is 2.07. The maximum atomic E-state index is 10.5. The molecule has 0 spiro atoms. The molecule has 4 heteroatoms. The zero-order chi connectivity index (χ0) is 9.84. The Morgan fingerprint density at radius 1 is 1.46 bits per heavy atom. The van der Waals surface area contributed by atoms with Crippen molar-refractivity contribution >= 4 is 17.4 Å². The highest BCUT2D eigenvalue weighted by atomic mass is 32.2. The summed E-state index contributed by atoms with van der Waals surface area (Å²) in [5.41, 5.74) is 1.20. The molecule has 1 rings (SSSR count). The van der Waals surface area contributed by atoms with Crippen LogP contribution in [-0.4, -0.2) is 11.2 Å². The monoisotopic (exact) mass is 197 g/mol. The van der Waals surface area contributed by atoms with E-state index in [1.165, 1.54) is 11.8 Å². The van der Waals surface area contributed by atoms with E-state index in [1.807, 2.05) is 19.2 Å². The van der Waals surface area contributed by atoms with Crippen molar-refractivity contribution in [3.63, 3.8) is 0 Å². The van der Waals surface area contributed by atoms with Crippen LogP contribution in [0.2, 0.25) is 0 Å². The zero-order valence-electron chi connectivity index (χ0n) is 7.61. The Morgan fingerprint density at radius 3 is 2.62 bits per heavy atom. The molecule has 0 fully saturated rings. The summed E-state index contributed by atoms with van der Waals surface area (Å²) in [6.07, 6.45) is 2.74. The highest BCUT2D eigenvalue weighted by molar-refractivity contribution is 7.98. The molecule has 0 aliphatic rings. The lowest BCUT2D eigenvalue weighted by atomic mass is 10.1. The second-order valence-electron chi connectivity index (χ2n) is 2.65. The Labute approximate surface area is 81.3 Å². The van der Waals surface area contributed by atoms with Gasteiger partial charge in [-0.3, -0.25) is 10.1 Å². The average Bonchev–Trinajstić information content (AvgIpc) is 2.16. The van der Waals surface area contributed by atoms with Crippen LogP contribution in [0.25, 0.3) is 0 Å². The molecule has 0 unspecified atom stereocenters. The van der Waals surface area contributed by atoms with Gasteiger partial charge in [-0.05, 0) is 24.3 Å². The van der Waals surface area contributed by atoms with E-state index in [9.17, 15) is 10.1 Å². The number of non-ortho nitro benzene ring substituents is 1. The van der Waals surface area contributed by atoms with E-state index in [2.05, 4.69) is 0 Å². The first-order chi connectivity index (χ1) is 6.17. The molecule has 0 radical (unpaired) electrons. The first-order valence-electron chi connectivity index (χ1n) is 3.99. The number of hydrogen-bond acceptors (Lipinski definition) is 3. The molecule has 0 aliphatic carbocycles. The molecule has 0 bridgehead atoms.